The highest BCUT2D eigenvalue weighted by Gasteiger charge is 2.05. The Balaban J connectivity index is 2.54. The molecule has 2 nitrogen and oxygen atoms in total. The van der Waals surface area contributed by atoms with Gasteiger partial charge in [-0.1, -0.05) is 36.0 Å². The van der Waals surface area contributed by atoms with E-state index in [0.717, 1.165) is 16.9 Å². The first-order valence-electron chi connectivity index (χ1n) is 4.03. The largest absolute Gasteiger partial charge is 0.356 e. The lowest BCUT2D eigenvalue weighted by Gasteiger charge is -2.07. The van der Waals surface area contributed by atoms with Gasteiger partial charge in [-0.15, -0.1) is 0 Å². The maximum absolute atomic E-state index is 5.16. The quantitative estimate of drug-likeness (QED) is 0.588. The Kier molecular flexibility index (Phi) is 1.96. The molecule has 0 aromatic heterocycles. The van der Waals surface area contributed by atoms with Gasteiger partial charge in [0.15, 0.2) is 5.75 Å². The molecule has 0 bridgehead atoms. The highest BCUT2D eigenvalue weighted by molar-refractivity contribution is 5.82. The molecular formula is C11H9NO. The van der Waals surface area contributed by atoms with Gasteiger partial charge >= 0.3 is 0 Å². The van der Waals surface area contributed by atoms with Gasteiger partial charge in [0.1, 0.15) is 0 Å². The molecule has 64 valence electrons. The van der Waals surface area contributed by atoms with E-state index in [4.69, 9.17) is 4.84 Å². The number of allylic oxidation sites excluding steroid dienone is 3. The predicted molar refractivity (Wildman–Crippen MR) is 53.7 cm³/mol. The second kappa shape index (κ2) is 3.27. The van der Waals surface area contributed by atoms with E-state index in [1.54, 1.807) is 12.3 Å². The van der Waals surface area contributed by atoms with Crippen LogP contribution in [0.1, 0.15) is 5.56 Å². The fourth-order valence-electron chi connectivity index (χ4n) is 1.18. The maximum Gasteiger partial charge on any atom is 0.165 e. The lowest BCUT2D eigenvalue weighted by atomic mass is 10.1. The third-order valence-corrected chi connectivity index (χ3v) is 1.83. The van der Waals surface area contributed by atoms with Gasteiger partial charge in [-0.3, -0.25) is 0 Å². The molecule has 0 atom stereocenters. The molecular weight excluding hydrogens is 162 g/mol. The van der Waals surface area contributed by atoms with E-state index in [1.165, 1.54) is 0 Å². The van der Waals surface area contributed by atoms with Gasteiger partial charge in [0, 0.05) is 5.56 Å². The summed E-state index contributed by atoms with van der Waals surface area (Å²) < 4.78 is 0. The van der Waals surface area contributed by atoms with E-state index >= 15 is 0 Å². The Morgan fingerprint density at radius 1 is 1.23 bits per heavy atom. The Bertz CT molecular complexity index is 391. The Hall–Kier alpha value is -1.83. The van der Waals surface area contributed by atoms with Gasteiger partial charge in [-0.25, -0.2) is 0 Å². The van der Waals surface area contributed by atoms with Crippen molar-refractivity contribution < 1.29 is 4.84 Å². The summed E-state index contributed by atoms with van der Waals surface area (Å²) in [5.41, 5.74) is 1.91. The van der Waals surface area contributed by atoms with E-state index in [2.05, 4.69) is 11.7 Å². The molecule has 0 aliphatic carbocycles. The number of para-hydroxylation sites is 1. The number of nitrogens with zero attached hydrogens (tertiary/aromatic N) is 1. The molecule has 0 fully saturated rings. The molecule has 2 heteroatoms. The van der Waals surface area contributed by atoms with Crippen molar-refractivity contribution in [2.45, 2.75) is 0 Å². The standard InChI is InChI=1S/C11H9NO/c1-9-5-4-8-12-13-11-7-3-2-6-10(9)11/h2-8H,1H2/b5-4-,12-8-. The fourth-order valence-corrected chi connectivity index (χ4v) is 1.18. The molecule has 2 rings (SSSR count). The van der Waals surface area contributed by atoms with Crippen molar-refractivity contribution in [3.63, 3.8) is 0 Å². The van der Waals surface area contributed by atoms with Crippen molar-refractivity contribution in [3.8, 4) is 5.75 Å². The van der Waals surface area contributed by atoms with Gasteiger partial charge in [0.25, 0.3) is 0 Å². The van der Waals surface area contributed by atoms with Crippen LogP contribution in [0.5, 0.6) is 5.75 Å². The average Bonchev–Trinajstić information content (AvgIpc) is 2.14. The summed E-state index contributed by atoms with van der Waals surface area (Å²) in [5, 5.41) is 3.75. The lowest BCUT2D eigenvalue weighted by Crippen LogP contribution is -1.91. The van der Waals surface area contributed by atoms with Crippen LogP contribution in [0.25, 0.3) is 5.57 Å². The molecule has 0 radical (unpaired) electrons. The monoisotopic (exact) mass is 171 g/mol. The van der Waals surface area contributed by atoms with E-state index in [0.29, 0.717) is 0 Å². The second-order valence-corrected chi connectivity index (χ2v) is 2.73. The lowest BCUT2D eigenvalue weighted by molar-refractivity contribution is 0.343. The number of fused-ring (bicyclic) bond motifs is 1. The van der Waals surface area contributed by atoms with E-state index in [1.807, 2.05) is 30.3 Å². The van der Waals surface area contributed by atoms with Gasteiger partial charge in [-0.05, 0) is 17.7 Å². The molecule has 13 heavy (non-hydrogen) atoms. The first-order valence-corrected chi connectivity index (χ1v) is 4.03. The molecule has 1 aliphatic rings. The zero-order chi connectivity index (χ0) is 9.10. The summed E-state index contributed by atoms with van der Waals surface area (Å²) in [6, 6.07) is 7.69. The van der Waals surface area contributed by atoms with Crippen LogP contribution < -0.4 is 4.84 Å². The van der Waals surface area contributed by atoms with Crippen molar-refractivity contribution in [1.82, 2.24) is 0 Å². The van der Waals surface area contributed by atoms with Crippen molar-refractivity contribution >= 4 is 11.8 Å². The highest BCUT2D eigenvalue weighted by atomic mass is 16.6. The van der Waals surface area contributed by atoms with Crippen LogP contribution in [0.15, 0.2) is 48.2 Å². The second-order valence-electron chi connectivity index (χ2n) is 2.73. The van der Waals surface area contributed by atoms with Gasteiger partial charge in [0.05, 0.1) is 6.21 Å². The third kappa shape index (κ3) is 1.51. The molecule has 0 saturated carbocycles. The van der Waals surface area contributed by atoms with Crippen LogP contribution in [-0.2, 0) is 0 Å². The van der Waals surface area contributed by atoms with Crippen LogP contribution in [0.2, 0.25) is 0 Å². The predicted octanol–water partition coefficient (Wildman–Crippen LogP) is 2.63. The van der Waals surface area contributed by atoms with Gasteiger partial charge in [-0.2, -0.15) is 0 Å². The Labute approximate surface area is 76.8 Å². The van der Waals surface area contributed by atoms with Crippen molar-refractivity contribution in [2.75, 3.05) is 0 Å². The summed E-state index contributed by atoms with van der Waals surface area (Å²) in [4.78, 5) is 5.16. The Morgan fingerprint density at radius 3 is 3.00 bits per heavy atom. The van der Waals surface area contributed by atoms with Crippen LogP contribution in [0.3, 0.4) is 0 Å². The zero-order valence-corrected chi connectivity index (χ0v) is 7.10. The average molecular weight is 171 g/mol. The normalized spacial score (nSPS) is 19.2. The van der Waals surface area contributed by atoms with Gasteiger partial charge < -0.3 is 4.84 Å². The molecule has 0 spiro atoms. The number of hydrogen-bond donors (Lipinski definition) is 0. The minimum Gasteiger partial charge on any atom is -0.356 e. The molecule has 1 aromatic rings. The molecule has 1 heterocycles. The number of hydrogen-bond acceptors (Lipinski definition) is 2. The highest BCUT2D eigenvalue weighted by Crippen LogP contribution is 2.26. The van der Waals surface area contributed by atoms with Crippen molar-refractivity contribution in [2.24, 2.45) is 5.16 Å². The molecule has 1 aromatic carbocycles. The number of rotatable bonds is 0. The molecule has 0 amide bonds. The molecule has 0 N–H and O–H groups in total. The Morgan fingerprint density at radius 2 is 2.08 bits per heavy atom. The summed E-state index contributed by atoms with van der Waals surface area (Å²) in [7, 11) is 0. The summed E-state index contributed by atoms with van der Waals surface area (Å²) in [5.74, 6) is 0.744. The van der Waals surface area contributed by atoms with Crippen molar-refractivity contribution in [3.05, 3.63) is 48.6 Å². The summed E-state index contributed by atoms with van der Waals surface area (Å²) in [6.45, 7) is 3.93. The smallest absolute Gasteiger partial charge is 0.165 e. The zero-order valence-electron chi connectivity index (χ0n) is 7.10. The fraction of sp³-hybridized carbons (Fsp3) is 0. The molecule has 0 unspecified atom stereocenters. The van der Waals surface area contributed by atoms with E-state index in [-0.39, 0.29) is 0 Å². The SMILES string of the molecule is C=C1/C=C\C=N/Oc2ccccc21. The van der Waals surface area contributed by atoms with E-state index in [9.17, 15) is 0 Å². The van der Waals surface area contributed by atoms with Crippen LogP contribution >= 0.6 is 0 Å². The first kappa shape index (κ1) is 7.80. The van der Waals surface area contributed by atoms with E-state index < -0.39 is 0 Å². The molecule has 0 saturated heterocycles. The number of benzene rings is 1. The topological polar surface area (TPSA) is 21.6 Å². The summed E-state index contributed by atoms with van der Waals surface area (Å²) >= 11 is 0. The minimum atomic E-state index is 0.744. The first-order chi connectivity index (χ1) is 6.38. The van der Waals surface area contributed by atoms with Crippen LogP contribution in [0, 0.1) is 0 Å². The van der Waals surface area contributed by atoms with Crippen LogP contribution in [-0.4, -0.2) is 6.21 Å². The third-order valence-electron chi connectivity index (χ3n) is 1.83. The van der Waals surface area contributed by atoms with Gasteiger partial charge in [0.2, 0.25) is 0 Å². The van der Waals surface area contributed by atoms with Crippen LogP contribution in [0.4, 0.5) is 0 Å². The molecule has 1 aliphatic heterocycles. The summed E-state index contributed by atoms with van der Waals surface area (Å²) in [6.07, 6.45) is 5.31. The van der Waals surface area contributed by atoms with Crippen molar-refractivity contribution in [1.29, 1.82) is 0 Å². The maximum atomic E-state index is 5.16. The number of oxime groups is 1. The minimum absolute atomic E-state index is 0.744.